The third-order valence-corrected chi connectivity index (χ3v) is 4.05. The number of nitrogens with zero attached hydrogens (tertiary/aromatic N) is 1. The van der Waals surface area contributed by atoms with Crippen LogP contribution in [0.2, 0.25) is 5.02 Å². The van der Waals surface area contributed by atoms with Crippen LogP contribution in [0.4, 0.5) is 20.5 Å². The standard InChI is InChI=1S/C18H15ClF2N2O2/c1-9(2)16(24)6-10-5-12(19)14(8-13(10)21)22-18-23-15-7-11(20)3-4-17(15)25-18/h3-5,7-9H,6H2,1-2H3,(H,22,23). The fourth-order valence-electron chi connectivity index (χ4n) is 2.28. The Bertz CT molecular complexity index is 954. The van der Waals surface area contributed by atoms with Gasteiger partial charge in [0.25, 0.3) is 6.01 Å². The maximum Gasteiger partial charge on any atom is 0.300 e. The summed E-state index contributed by atoms with van der Waals surface area (Å²) in [5, 5.41) is 2.99. The Morgan fingerprint density at radius 3 is 2.76 bits per heavy atom. The van der Waals surface area contributed by atoms with E-state index in [1.165, 1.54) is 30.3 Å². The van der Waals surface area contributed by atoms with Gasteiger partial charge in [-0.25, -0.2) is 8.78 Å². The Labute approximate surface area is 147 Å². The Morgan fingerprint density at radius 1 is 1.28 bits per heavy atom. The normalized spacial score (nSPS) is 11.3. The molecule has 0 atom stereocenters. The number of carbonyl (C=O) groups excluding carboxylic acids is 1. The van der Waals surface area contributed by atoms with Crippen molar-refractivity contribution in [3.63, 3.8) is 0 Å². The van der Waals surface area contributed by atoms with Gasteiger partial charge < -0.3 is 9.73 Å². The molecule has 25 heavy (non-hydrogen) atoms. The molecule has 0 fully saturated rings. The highest BCUT2D eigenvalue weighted by molar-refractivity contribution is 6.33. The maximum atomic E-state index is 14.3. The van der Waals surface area contributed by atoms with Crippen LogP contribution in [0.15, 0.2) is 34.7 Å². The van der Waals surface area contributed by atoms with Gasteiger partial charge in [0.2, 0.25) is 0 Å². The van der Waals surface area contributed by atoms with Gasteiger partial charge in [-0.05, 0) is 29.8 Å². The lowest BCUT2D eigenvalue weighted by Crippen LogP contribution is -2.11. The molecular formula is C18H15ClF2N2O2. The van der Waals surface area contributed by atoms with Crippen LogP contribution in [-0.4, -0.2) is 10.8 Å². The lowest BCUT2D eigenvalue weighted by molar-refractivity contribution is -0.121. The quantitative estimate of drug-likeness (QED) is 0.670. The average Bonchev–Trinajstić information content (AvgIpc) is 2.93. The minimum absolute atomic E-state index is 0.0222. The Balaban J connectivity index is 1.86. The zero-order valence-corrected chi connectivity index (χ0v) is 14.3. The first kappa shape index (κ1) is 17.4. The molecule has 0 aliphatic rings. The van der Waals surface area contributed by atoms with Crippen molar-refractivity contribution in [2.24, 2.45) is 5.92 Å². The molecule has 7 heteroatoms. The average molecular weight is 365 g/mol. The smallest absolute Gasteiger partial charge is 0.300 e. The number of Topliss-reactive ketones (excluding diaryl/α,β-unsaturated/α-hetero) is 1. The van der Waals surface area contributed by atoms with Gasteiger partial charge in [-0.3, -0.25) is 4.79 Å². The molecule has 3 aromatic rings. The molecule has 3 rings (SSSR count). The van der Waals surface area contributed by atoms with E-state index in [-0.39, 0.29) is 40.4 Å². The van der Waals surface area contributed by atoms with Gasteiger partial charge in [-0.1, -0.05) is 25.4 Å². The van der Waals surface area contributed by atoms with Crippen molar-refractivity contribution in [3.05, 3.63) is 52.6 Å². The summed E-state index contributed by atoms with van der Waals surface area (Å²) in [6.07, 6.45) is -0.0222. The van der Waals surface area contributed by atoms with Crippen LogP contribution in [0.25, 0.3) is 11.1 Å². The molecule has 0 radical (unpaired) electrons. The molecule has 0 saturated heterocycles. The van der Waals surface area contributed by atoms with Crippen molar-refractivity contribution < 1.29 is 18.0 Å². The second kappa shape index (κ2) is 6.80. The van der Waals surface area contributed by atoms with Gasteiger partial charge in [0.15, 0.2) is 5.58 Å². The van der Waals surface area contributed by atoms with Crippen molar-refractivity contribution in [3.8, 4) is 0 Å². The van der Waals surface area contributed by atoms with E-state index in [2.05, 4.69) is 10.3 Å². The molecule has 1 heterocycles. The Hall–Kier alpha value is -2.47. The number of nitrogens with one attached hydrogen (secondary N) is 1. The lowest BCUT2D eigenvalue weighted by atomic mass is 10.0. The zero-order valence-electron chi connectivity index (χ0n) is 13.6. The van der Waals surface area contributed by atoms with Crippen LogP contribution in [0.3, 0.4) is 0 Å². The van der Waals surface area contributed by atoms with Crippen LogP contribution < -0.4 is 5.32 Å². The minimum atomic E-state index is -0.553. The number of fused-ring (bicyclic) bond motifs is 1. The number of oxazole rings is 1. The van der Waals surface area contributed by atoms with Gasteiger partial charge in [0, 0.05) is 18.4 Å². The number of benzene rings is 2. The second-order valence-corrected chi connectivity index (χ2v) is 6.38. The number of aromatic nitrogens is 1. The number of carbonyl (C=O) groups is 1. The van der Waals surface area contributed by atoms with Gasteiger partial charge in [0.1, 0.15) is 22.9 Å². The summed E-state index contributed by atoms with van der Waals surface area (Å²) < 4.78 is 32.9. The lowest BCUT2D eigenvalue weighted by Gasteiger charge is -2.10. The van der Waals surface area contributed by atoms with Gasteiger partial charge in [0.05, 0.1) is 10.7 Å². The maximum absolute atomic E-state index is 14.3. The van der Waals surface area contributed by atoms with Crippen LogP contribution in [0, 0.1) is 17.6 Å². The van der Waals surface area contributed by atoms with Crippen molar-refractivity contribution in [1.29, 1.82) is 0 Å². The van der Waals surface area contributed by atoms with Crippen LogP contribution in [0.1, 0.15) is 19.4 Å². The molecule has 1 N–H and O–H groups in total. The van der Waals surface area contributed by atoms with Gasteiger partial charge in [-0.2, -0.15) is 4.98 Å². The Morgan fingerprint density at radius 2 is 2.04 bits per heavy atom. The summed E-state index contributed by atoms with van der Waals surface area (Å²) in [6.45, 7) is 3.52. The van der Waals surface area contributed by atoms with E-state index in [0.29, 0.717) is 11.1 Å². The SMILES string of the molecule is CC(C)C(=O)Cc1cc(Cl)c(Nc2nc3cc(F)ccc3o2)cc1F. The first-order valence-electron chi connectivity index (χ1n) is 7.67. The first-order chi connectivity index (χ1) is 11.8. The van der Waals surface area contributed by atoms with Crippen molar-refractivity contribution in [2.75, 3.05) is 5.32 Å². The van der Waals surface area contributed by atoms with E-state index in [1.807, 2.05) is 0 Å². The minimum Gasteiger partial charge on any atom is -0.423 e. The van der Waals surface area contributed by atoms with Crippen LogP contribution in [0.5, 0.6) is 0 Å². The number of rotatable bonds is 5. The molecule has 0 aliphatic heterocycles. The molecule has 130 valence electrons. The molecule has 0 aliphatic carbocycles. The summed E-state index contributed by atoms with van der Waals surface area (Å²) >= 11 is 6.17. The largest absolute Gasteiger partial charge is 0.423 e. The van der Waals surface area contributed by atoms with Gasteiger partial charge >= 0.3 is 0 Å². The number of anilines is 2. The third kappa shape index (κ3) is 3.79. The fraction of sp³-hybridized carbons (Fsp3) is 0.222. The number of halogens is 3. The second-order valence-electron chi connectivity index (χ2n) is 5.98. The summed E-state index contributed by atoms with van der Waals surface area (Å²) in [7, 11) is 0. The third-order valence-electron chi connectivity index (χ3n) is 3.74. The van der Waals surface area contributed by atoms with Gasteiger partial charge in [-0.15, -0.1) is 0 Å². The Kier molecular flexibility index (Phi) is 4.72. The van der Waals surface area contributed by atoms with E-state index in [9.17, 15) is 13.6 Å². The van der Waals surface area contributed by atoms with E-state index < -0.39 is 11.6 Å². The zero-order chi connectivity index (χ0) is 18.1. The summed E-state index contributed by atoms with van der Waals surface area (Å²) in [6, 6.07) is 6.58. The van der Waals surface area contributed by atoms with Crippen LogP contribution >= 0.6 is 11.6 Å². The monoisotopic (exact) mass is 364 g/mol. The topological polar surface area (TPSA) is 55.1 Å². The summed E-state index contributed by atoms with van der Waals surface area (Å²) in [5.41, 5.74) is 1.19. The highest BCUT2D eigenvalue weighted by atomic mass is 35.5. The fourth-order valence-corrected chi connectivity index (χ4v) is 2.51. The molecule has 1 aromatic heterocycles. The first-order valence-corrected chi connectivity index (χ1v) is 8.05. The highest BCUT2D eigenvalue weighted by Crippen LogP contribution is 2.30. The van der Waals surface area contributed by atoms with E-state index >= 15 is 0 Å². The van der Waals surface area contributed by atoms with E-state index in [0.717, 1.165) is 0 Å². The highest BCUT2D eigenvalue weighted by Gasteiger charge is 2.16. The number of hydrogen-bond donors (Lipinski definition) is 1. The summed E-state index contributed by atoms with van der Waals surface area (Å²) in [4.78, 5) is 15.9. The molecule has 2 aromatic carbocycles. The predicted octanol–water partition coefficient (Wildman–Crippen LogP) is 5.27. The van der Waals surface area contributed by atoms with Crippen LogP contribution in [-0.2, 0) is 11.2 Å². The molecule has 0 spiro atoms. The molecule has 0 amide bonds. The van der Waals surface area contributed by atoms with E-state index in [1.54, 1.807) is 13.8 Å². The number of hydrogen-bond acceptors (Lipinski definition) is 4. The number of ketones is 1. The molecule has 0 saturated carbocycles. The van der Waals surface area contributed by atoms with Crippen molar-refractivity contribution in [1.82, 2.24) is 4.98 Å². The molecule has 4 nitrogen and oxygen atoms in total. The molecule has 0 bridgehead atoms. The molecular weight excluding hydrogens is 350 g/mol. The van der Waals surface area contributed by atoms with Crippen molar-refractivity contribution >= 4 is 40.2 Å². The summed E-state index contributed by atoms with van der Waals surface area (Å²) in [5.74, 6) is -1.24. The molecule has 0 unspecified atom stereocenters. The predicted molar refractivity (Wildman–Crippen MR) is 92.2 cm³/mol. The van der Waals surface area contributed by atoms with Crippen molar-refractivity contribution in [2.45, 2.75) is 20.3 Å². The van der Waals surface area contributed by atoms with E-state index in [4.69, 9.17) is 16.0 Å².